The summed E-state index contributed by atoms with van der Waals surface area (Å²) < 4.78 is 11.0. The van der Waals surface area contributed by atoms with Crippen LogP contribution in [0.5, 0.6) is 11.5 Å². The van der Waals surface area contributed by atoms with E-state index in [0.29, 0.717) is 0 Å². The molecule has 2 nitrogen and oxygen atoms in total. The van der Waals surface area contributed by atoms with Crippen molar-refractivity contribution < 1.29 is 9.47 Å². The minimum Gasteiger partial charge on any atom is -0.494 e. The molecule has 83 valence electrons. The first-order valence-electron chi connectivity index (χ1n) is 5.51. The predicted octanol–water partition coefficient (Wildman–Crippen LogP) is 3.47. The fourth-order valence-electron chi connectivity index (χ4n) is 1.14. The molecule has 0 fully saturated rings. The van der Waals surface area contributed by atoms with Crippen LogP contribution in [0.3, 0.4) is 0 Å². The summed E-state index contributed by atoms with van der Waals surface area (Å²) >= 11 is 0. The van der Waals surface area contributed by atoms with Crippen molar-refractivity contribution in [1.29, 1.82) is 0 Å². The molecule has 15 heavy (non-hydrogen) atoms. The summed E-state index contributed by atoms with van der Waals surface area (Å²) in [5, 5.41) is 0. The van der Waals surface area contributed by atoms with E-state index in [2.05, 4.69) is 13.8 Å². The topological polar surface area (TPSA) is 18.5 Å². The standard InChI is InChI=1S/C13H19O2/c1-3-5-11-15-13-8-6-12(7-9-13)14-10-4-2/h6-9H,1,3-5,10-11H2,2H3. The summed E-state index contributed by atoms with van der Waals surface area (Å²) in [6, 6.07) is 7.76. The highest BCUT2D eigenvalue weighted by Gasteiger charge is 1.95. The molecule has 1 rings (SSSR count). The van der Waals surface area contributed by atoms with E-state index in [-0.39, 0.29) is 0 Å². The third kappa shape index (κ3) is 4.73. The first-order valence-corrected chi connectivity index (χ1v) is 5.51. The molecule has 0 bridgehead atoms. The van der Waals surface area contributed by atoms with Gasteiger partial charge in [0.05, 0.1) is 13.2 Å². The average molecular weight is 207 g/mol. The molecule has 2 heteroatoms. The Morgan fingerprint density at radius 2 is 1.53 bits per heavy atom. The van der Waals surface area contributed by atoms with Crippen molar-refractivity contribution in [1.82, 2.24) is 0 Å². The van der Waals surface area contributed by atoms with Gasteiger partial charge in [-0.05, 0) is 37.1 Å². The van der Waals surface area contributed by atoms with Crippen molar-refractivity contribution in [2.45, 2.75) is 26.2 Å². The highest BCUT2D eigenvalue weighted by molar-refractivity contribution is 5.31. The quantitative estimate of drug-likeness (QED) is 0.637. The predicted molar refractivity (Wildman–Crippen MR) is 62.3 cm³/mol. The highest BCUT2D eigenvalue weighted by Crippen LogP contribution is 2.17. The van der Waals surface area contributed by atoms with Gasteiger partial charge in [-0.1, -0.05) is 20.3 Å². The molecule has 0 heterocycles. The number of benzene rings is 1. The molecule has 1 radical (unpaired) electrons. The second-order valence-corrected chi connectivity index (χ2v) is 3.38. The van der Waals surface area contributed by atoms with E-state index in [4.69, 9.17) is 9.47 Å². The van der Waals surface area contributed by atoms with E-state index in [1.165, 1.54) is 0 Å². The number of unbranched alkanes of at least 4 members (excludes halogenated alkanes) is 1. The van der Waals surface area contributed by atoms with Crippen LogP contribution in [-0.4, -0.2) is 13.2 Å². The van der Waals surface area contributed by atoms with Crippen molar-refractivity contribution in [3.05, 3.63) is 31.2 Å². The smallest absolute Gasteiger partial charge is 0.119 e. The lowest BCUT2D eigenvalue weighted by Crippen LogP contribution is -1.97. The number of hydrogen-bond acceptors (Lipinski definition) is 2. The Morgan fingerprint density at radius 3 is 2.00 bits per heavy atom. The van der Waals surface area contributed by atoms with Crippen LogP contribution >= 0.6 is 0 Å². The second kappa shape index (κ2) is 7.16. The lowest BCUT2D eigenvalue weighted by molar-refractivity contribution is 0.305. The molecule has 1 aromatic carbocycles. The van der Waals surface area contributed by atoms with Gasteiger partial charge in [0.2, 0.25) is 0 Å². The van der Waals surface area contributed by atoms with Crippen LogP contribution in [0.2, 0.25) is 0 Å². The molecule has 0 N–H and O–H groups in total. The maximum Gasteiger partial charge on any atom is 0.119 e. The van der Waals surface area contributed by atoms with Crippen molar-refractivity contribution in [2.24, 2.45) is 0 Å². The van der Waals surface area contributed by atoms with Crippen molar-refractivity contribution in [3.8, 4) is 11.5 Å². The Hall–Kier alpha value is -1.18. The van der Waals surface area contributed by atoms with E-state index in [0.717, 1.165) is 44.0 Å². The van der Waals surface area contributed by atoms with Crippen LogP contribution in [-0.2, 0) is 0 Å². The van der Waals surface area contributed by atoms with Crippen LogP contribution in [0.25, 0.3) is 0 Å². The van der Waals surface area contributed by atoms with Gasteiger partial charge < -0.3 is 9.47 Å². The first kappa shape index (κ1) is 11.9. The zero-order chi connectivity index (χ0) is 10.9. The maximum absolute atomic E-state index is 5.51. The van der Waals surface area contributed by atoms with Crippen molar-refractivity contribution >= 4 is 0 Å². The monoisotopic (exact) mass is 207 g/mol. The summed E-state index contributed by atoms with van der Waals surface area (Å²) in [6.07, 6.45) is 2.94. The Bertz CT molecular complexity index is 254. The second-order valence-electron chi connectivity index (χ2n) is 3.38. The lowest BCUT2D eigenvalue weighted by atomic mass is 10.3. The third-order valence-corrected chi connectivity index (χ3v) is 1.96. The van der Waals surface area contributed by atoms with Crippen LogP contribution in [0.1, 0.15) is 26.2 Å². The third-order valence-electron chi connectivity index (χ3n) is 1.96. The largest absolute Gasteiger partial charge is 0.494 e. The molecular weight excluding hydrogens is 188 g/mol. The molecule has 0 aliphatic carbocycles. The summed E-state index contributed by atoms with van der Waals surface area (Å²) in [4.78, 5) is 0. The first-order chi connectivity index (χ1) is 7.36. The maximum atomic E-state index is 5.51. The van der Waals surface area contributed by atoms with Gasteiger partial charge in [0, 0.05) is 0 Å². The molecule has 0 unspecified atom stereocenters. The van der Waals surface area contributed by atoms with Crippen molar-refractivity contribution in [2.75, 3.05) is 13.2 Å². The number of ether oxygens (including phenoxy) is 2. The van der Waals surface area contributed by atoms with Gasteiger partial charge >= 0.3 is 0 Å². The van der Waals surface area contributed by atoms with Crippen molar-refractivity contribution in [3.63, 3.8) is 0 Å². The van der Waals surface area contributed by atoms with E-state index >= 15 is 0 Å². The van der Waals surface area contributed by atoms with E-state index in [1.807, 2.05) is 24.3 Å². The van der Waals surface area contributed by atoms with Gasteiger partial charge in [0.1, 0.15) is 11.5 Å². The molecule has 0 atom stereocenters. The summed E-state index contributed by atoms with van der Waals surface area (Å²) in [5.74, 6) is 1.80. The van der Waals surface area contributed by atoms with Gasteiger partial charge in [-0.25, -0.2) is 0 Å². The number of hydrogen-bond donors (Lipinski definition) is 0. The molecule has 0 saturated carbocycles. The molecular formula is C13H19O2. The molecule has 1 aromatic rings. The molecule has 0 aliphatic heterocycles. The van der Waals surface area contributed by atoms with Crippen LogP contribution in [0, 0.1) is 6.92 Å². The van der Waals surface area contributed by atoms with E-state index in [1.54, 1.807) is 0 Å². The number of rotatable bonds is 7. The molecule has 0 amide bonds. The zero-order valence-corrected chi connectivity index (χ0v) is 9.37. The van der Waals surface area contributed by atoms with Crippen LogP contribution in [0.15, 0.2) is 24.3 Å². The van der Waals surface area contributed by atoms with Crippen LogP contribution in [0.4, 0.5) is 0 Å². The Kier molecular flexibility index (Phi) is 5.67. The zero-order valence-electron chi connectivity index (χ0n) is 9.37. The highest BCUT2D eigenvalue weighted by atomic mass is 16.5. The molecule has 0 saturated heterocycles. The van der Waals surface area contributed by atoms with Gasteiger partial charge in [0.25, 0.3) is 0 Å². The fraction of sp³-hybridized carbons (Fsp3) is 0.462. The van der Waals surface area contributed by atoms with Crippen LogP contribution < -0.4 is 9.47 Å². The summed E-state index contributed by atoms with van der Waals surface area (Å²) in [5.41, 5.74) is 0. The Balaban J connectivity index is 2.35. The minimum absolute atomic E-state index is 0.735. The Morgan fingerprint density at radius 1 is 1.00 bits per heavy atom. The van der Waals surface area contributed by atoms with Gasteiger partial charge in [-0.2, -0.15) is 0 Å². The molecule has 0 aliphatic rings. The SMILES string of the molecule is [CH2]CCCOc1ccc(OCCC)cc1. The van der Waals surface area contributed by atoms with E-state index < -0.39 is 0 Å². The van der Waals surface area contributed by atoms with E-state index in [9.17, 15) is 0 Å². The van der Waals surface area contributed by atoms with Gasteiger partial charge in [-0.3, -0.25) is 0 Å². The Labute approximate surface area is 92.2 Å². The molecule has 0 aromatic heterocycles. The normalized spacial score (nSPS) is 10.0. The van der Waals surface area contributed by atoms with Gasteiger partial charge in [-0.15, -0.1) is 0 Å². The molecule has 0 spiro atoms. The minimum atomic E-state index is 0.735. The summed E-state index contributed by atoms with van der Waals surface area (Å²) in [7, 11) is 0. The summed E-state index contributed by atoms with van der Waals surface area (Å²) in [6.45, 7) is 7.36. The van der Waals surface area contributed by atoms with Gasteiger partial charge in [0.15, 0.2) is 0 Å². The lowest BCUT2D eigenvalue weighted by Gasteiger charge is -2.07. The average Bonchev–Trinajstić information content (AvgIpc) is 2.28. The fourth-order valence-corrected chi connectivity index (χ4v) is 1.14.